The third-order valence-electron chi connectivity index (χ3n) is 3.32. The van der Waals surface area contributed by atoms with Crippen molar-refractivity contribution in [3.8, 4) is 5.75 Å². The summed E-state index contributed by atoms with van der Waals surface area (Å²) < 4.78 is 10.5. The molecular formula is C16H23N5O3. The monoisotopic (exact) mass is 333 g/mol. The lowest BCUT2D eigenvalue weighted by molar-refractivity contribution is 0.0524. The topological polar surface area (TPSA) is 114 Å². The Hall–Kier alpha value is -2.77. The second-order valence-electron chi connectivity index (χ2n) is 6.29. The number of carbonyl (C=O) groups is 1. The Balaban J connectivity index is 2.20. The van der Waals surface area contributed by atoms with Crippen LogP contribution in [0.5, 0.6) is 5.75 Å². The van der Waals surface area contributed by atoms with E-state index in [2.05, 4.69) is 20.6 Å². The van der Waals surface area contributed by atoms with Crippen molar-refractivity contribution in [1.29, 1.82) is 0 Å². The van der Waals surface area contributed by atoms with E-state index in [9.17, 15) is 4.79 Å². The Bertz CT molecular complexity index is 733. The number of methoxy groups -OCH3 is 1. The van der Waals surface area contributed by atoms with Crippen LogP contribution in [0.4, 0.5) is 4.79 Å². The number of aromatic nitrogens is 1. The third-order valence-corrected chi connectivity index (χ3v) is 3.32. The first kappa shape index (κ1) is 17.6. The summed E-state index contributed by atoms with van der Waals surface area (Å²) in [6, 6.07) is 5.23. The molecule has 1 amide bonds. The van der Waals surface area contributed by atoms with Crippen LogP contribution in [0.2, 0.25) is 0 Å². The SMILES string of the molecule is COc1ccc2[nH]cc(C(CNC(=O)OC(C)(C)C)N=NN)c2c1. The second kappa shape index (κ2) is 7.20. The summed E-state index contributed by atoms with van der Waals surface area (Å²) in [5, 5.41) is 11.0. The number of alkyl carbamates (subject to hydrolysis) is 1. The molecule has 1 aromatic heterocycles. The quantitative estimate of drug-likeness (QED) is 0.443. The number of hydrogen-bond acceptors (Lipinski definition) is 5. The number of H-pyrrole nitrogens is 1. The van der Waals surface area contributed by atoms with Crippen LogP contribution in [0.3, 0.4) is 0 Å². The van der Waals surface area contributed by atoms with Crippen LogP contribution < -0.4 is 15.9 Å². The smallest absolute Gasteiger partial charge is 0.407 e. The number of hydrogen-bond donors (Lipinski definition) is 3. The number of benzene rings is 1. The molecule has 8 nitrogen and oxygen atoms in total. The molecule has 0 aliphatic heterocycles. The molecule has 0 fully saturated rings. The van der Waals surface area contributed by atoms with Gasteiger partial charge in [-0.2, -0.15) is 5.11 Å². The third kappa shape index (κ3) is 4.37. The number of nitrogens with two attached hydrogens (primary N) is 1. The Morgan fingerprint density at radius 3 is 2.79 bits per heavy atom. The van der Waals surface area contributed by atoms with Gasteiger partial charge in [-0.3, -0.25) is 0 Å². The fourth-order valence-corrected chi connectivity index (χ4v) is 2.31. The highest BCUT2D eigenvalue weighted by Crippen LogP contribution is 2.29. The van der Waals surface area contributed by atoms with Crippen LogP contribution in [0.15, 0.2) is 34.7 Å². The largest absolute Gasteiger partial charge is 0.497 e. The average Bonchev–Trinajstić information content (AvgIpc) is 2.92. The first-order chi connectivity index (χ1) is 11.3. The molecule has 2 rings (SSSR count). The Morgan fingerprint density at radius 2 is 2.17 bits per heavy atom. The van der Waals surface area contributed by atoms with Crippen LogP contribution in [0.25, 0.3) is 10.9 Å². The number of aromatic amines is 1. The normalized spacial score (nSPS) is 13.2. The summed E-state index contributed by atoms with van der Waals surface area (Å²) in [5.41, 5.74) is 1.22. The molecule has 8 heteroatoms. The fraction of sp³-hybridized carbons (Fsp3) is 0.438. The van der Waals surface area contributed by atoms with Gasteiger partial charge in [0.2, 0.25) is 0 Å². The van der Waals surface area contributed by atoms with Gasteiger partial charge >= 0.3 is 6.09 Å². The Kier molecular flexibility index (Phi) is 5.28. The van der Waals surface area contributed by atoms with E-state index in [1.165, 1.54) is 0 Å². The molecule has 0 saturated carbocycles. The van der Waals surface area contributed by atoms with E-state index in [-0.39, 0.29) is 6.54 Å². The molecule has 0 bridgehead atoms. The van der Waals surface area contributed by atoms with Crippen LogP contribution in [-0.2, 0) is 4.74 Å². The van der Waals surface area contributed by atoms with Crippen LogP contribution in [0, 0.1) is 0 Å². The van der Waals surface area contributed by atoms with Gasteiger partial charge in [-0.25, -0.2) is 4.79 Å². The number of ether oxygens (including phenoxy) is 2. The van der Waals surface area contributed by atoms with Crippen molar-refractivity contribution in [2.75, 3.05) is 13.7 Å². The van der Waals surface area contributed by atoms with Gasteiger partial charge in [-0.1, -0.05) is 5.22 Å². The maximum absolute atomic E-state index is 11.8. The molecular weight excluding hydrogens is 310 g/mol. The average molecular weight is 333 g/mol. The number of carbonyl (C=O) groups excluding carboxylic acids is 1. The molecule has 0 radical (unpaired) electrons. The van der Waals surface area contributed by atoms with Gasteiger partial charge in [-0.15, -0.1) is 0 Å². The zero-order valence-electron chi connectivity index (χ0n) is 14.3. The molecule has 2 aromatic rings. The van der Waals surface area contributed by atoms with E-state index in [1.807, 2.05) is 24.4 Å². The minimum atomic E-state index is -0.566. The predicted octanol–water partition coefficient (Wildman–Crippen LogP) is 3.07. The van der Waals surface area contributed by atoms with Crippen molar-refractivity contribution in [2.24, 2.45) is 16.2 Å². The van der Waals surface area contributed by atoms with Crippen molar-refractivity contribution < 1.29 is 14.3 Å². The number of rotatable bonds is 5. The maximum Gasteiger partial charge on any atom is 0.407 e. The highest BCUT2D eigenvalue weighted by Gasteiger charge is 2.20. The van der Waals surface area contributed by atoms with Gasteiger partial charge in [0, 0.05) is 29.2 Å². The summed E-state index contributed by atoms with van der Waals surface area (Å²) >= 11 is 0. The molecule has 1 aromatic carbocycles. The molecule has 0 aliphatic carbocycles. The molecule has 0 aliphatic rings. The van der Waals surface area contributed by atoms with Gasteiger partial charge in [0.05, 0.1) is 7.11 Å². The lowest BCUT2D eigenvalue weighted by atomic mass is 10.1. The first-order valence-corrected chi connectivity index (χ1v) is 7.56. The van der Waals surface area contributed by atoms with Crippen LogP contribution >= 0.6 is 0 Å². The van der Waals surface area contributed by atoms with Gasteiger partial charge < -0.3 is 25.6 Å². The molecule has 0 spiro atoms. The van der Waals surface area contributed by atoms with E-state index < -0.39 is 17.7 Å². The van der Waals surface area contributed by atoms with E-state index in [0.29, 0.717) is 0 Å². The van der Waals surface area contributed by atoms with E-state index in [0.717, 1.165) is 22.2 Å². The first-order valence-electron chi connectivity index (χ1n) is 7.56. The van der Waals surface area contributed by atoms with Crippen LogP contribution in [0.1, 0.15) is 32.4 Å². The van der Waals surface area contributed by atoms with Gasteiger partial charge in [0.15, 0.2) is 0 Å². The lowest BCUT2D eigenvalue weighted by Crippen LogP contribution is -2.34. The highest BCUT2D eigenvalue weighted by molar-refractivity contribution is 5.85. The molecule has 24 heavy (non-hydrogen) atoms. The zero-order valence-corrected chi connectivity index (χ0v) is 14.3. The summed E-state index contributed by atoms with van der Waals surface area (Å²) in [6.45, 7) is 5.61. The summed E-state index contributed by atoms with van der Waals surface area (Å²) in [4.78, 5) is 15.0. The summed E-state index contributed by atoms with van der Waals surface area (Å²) in [7, 11) is 1.61. The molecule has 4 N–H and O–H groups in total. The van der Waals surface area contributed by atoms with Crippen molar-refractivity contribution >= 4 is 17.0 Å². The Morgan fingerprint density at radius 1 is 1.42 bits per heavy atom. The fourth-order valence-electron chi connectivity index (χ4n) is 2.31. The van der Waals surface area contributed by atoms with E-state index >= 15 is 0 Å². The Labute approximate surface area is 140 Å². The van der Waals surface area contributed by atoms with Crippen LogP contribution in [-0.4, -0.2) is 30.3 Å². The molecule has 130 valence electrons. The second-order valence-corrected chi connectivity index (χ2v) is 6.29. The molecule has 0 saturated heterocycles. The van der Waals surface area contributed by atoms with Gasteiger partial charge in [-0.05, 0) is 39.0 Å². The van der Waals surface area contributed by atoms with Gasteiger partial charge in [0.25, 0.3) is 0 Å². The van der Waals surface area contributed by atoms with Crippen molar-refractivity contribution in [3.63, 3.8) is 0 Å². The van der Waals surface area contributed by atoms with Crippen molar-refractivity contribution in [1.82, 2.24) is 10.3 Å². The minimum absolute atomic E-state index is 0.208. The van der Waals surface area contributed by atoms with Crippen molar-refractivity contribution in [2.45, 2.75) is 32.4 Å². The van der Waals surface area contributed by atoms with E-state index in [4.69, 9.17) is 15.3 Å². The summed E-state index contributed by atoms with van der Waals surface area (Å²) in [6.07, 6.45) is 1.30. The zero-order chi connectivity index (χ0) is 17.7. The molecule has 1 atom stereocenters. The van der Waals surface area contributed by atoms with E-state index in [1.54, 1.807) is 27.9 Å². The molecule has 1 heterocycles. The number of nitrogens with zero attached hydrogens (tertiary/aromatic N) is 2. The predicted molar refractivity (Wildman–Crippen MR) is 90.9 cm³/mol. The highest BCUT2D eigenvalue weighted by atomic mass is 16.6. The minimum Gasteiger partial charge on any atom is -0.497 e. The maximum atomic E-state index is 11.8. The number of amides is 1. The standard InChI is InChI=1S/C16H23N5O3/c1-16(2,3)24-15(22)19-9-14(20-21-17)12-8-18-13-6-5-10(23-4)7-11(12)13/h5-8,14,18H,9H2,1-4H3,(H2,17,20)(H,19,22). The van der Waals surface area contributed by atoms with Gasteiger partial charge in [0.1, 0.15) is 17.4 Å². The van der Waals surface area contributed by atoms with Crippen molar-refractivity contribution in [3.05, 3.63) is 30.0 Å². The number of fused-ring (bicyclic) bond motifs is 1. The summed E-state index contributed by atoms with van der Waals surface area (Å²) in [5.74, 6) is 5.95. The lowest BCUT2D eigenvalue weighted by Gasteiger charge is -2.20. The number of nitrogens with one attached hydrogen (secondary N) is 2. The molecule has 1 unspecified atom stereocenters.